The van der Waals surface area contributed by atoms with Gasteiger partial charge in [-0.25, -0.2) is 8.42 Å². The monoisotopic (exact) mass is 351 g/mol. The maximum Gasteiger partial charge on any atom is 0.153 e. The summed E-state index contributed by atoms with van der Waals surface area (Å²) in [6, 6.07) is 0.179. The summed E-state index contributed by atoms with van der Waals surface area (Å²) in [4.78, 5) is 2.41. The number of alkyl halides is 1. The molecule has 1 unspecified atom stereocenters. The third-order valence-electron chi connectivity index (χ3n) is 4.79. The fraction of sp³-hybridized carbons (Fsp3) is 1.00. The molecule has 5 heteroatoms. The minimum absolute atomic E-state index is 0.179. The first-order valence-corrected chi connectivity index (χ1v) is 10.4. The van der Waals surface area contributed by atoms with E-state index in [4.69, 9.17) is 0 Å². The molecule has 0 radical (unpaired) electrons. The van der Waals surface area contributed by atoms with E-state index in [0.29, 0.717) is 16.9 Å². The quantitative estimate of drug-likeness (QED) is 0.579. The molecule has 1 saturated carbocycles. The van der Waals surface area contributed by atoms with Crippen molar-refractivity contribution in [3.05, 3.63) is 0 Å². The van der Waals surface area contributed by atoms with E-state index < -0.39 is 9.84 Å². The molecule has 0 spiro atoms. The van der Waals surface area contributed by atoms with Crippen LogP contribution in [0.3, 0.4) is 0 Å². The SMILES string of the molecule is CC1CS(=O)(=O)CCN1CC1(CBr)CCCCCC1. The lowest BCUT2D eigenvalue weighted by Crippen LogP contribution is -2.51. The maximum absolute atomic E-state index is 11.7. The predicted octanol–water partition coefficient (Wildman–Crippen LogP) is 2.84. The zero-order chi connectivity index (χ0) is 13.9. The van der Waals surface area contributed by atoms with Crippen molar-refractivity contribution in [3.63, 3.8) is 0 Å². The molecule has 1 saturated heterocycles. The van der Waals surface area contributed by atoms with Gasteiger partial charge < -0.3 is 0 Å². The highest BCUT2D eigenvalue weighted by Crippen LogP contribution is 2.38. The van der Waals surface area contributed by atoms with Crippen molar-refractivity contribution in [3.8, 4) is 0 Å². The van der Waals surface area contributed by atoms with Gasteiger partial charge in [0.05, 0.1) is 11.5 Å². The first-order chi connectivity index (χ1) is 8.96. The fourth-order valence-corrected chi connectivity index (χ4v) is 5.87. The van der Waals surface area contributed by atoms with Gasteiger partial charge in [-0.1, -0.05) is 41.6 Å². The molecule has 1 heterocycles. The van der Waals surface area contributed by atoms with Crippen LogP contribution in [0.25, 0.3) is 0 Å². The van der Waals surface area contributed by atoms with Crippen LogP contribution in [0.1, 0.15) is 45.4 Å². The summed E-state index contributed by atoms with van der Waals surface area (Å²) in [5, 5.41) is 1.05. The van der Waals surface area contributed by atoms with Crippen LogP contribution < -0.4 is 0 Å². The molecular weight excluding hydrogens is 326 g/mol. The van der Waals surface area contributed by atoms with Gasteiger partial charge >= 0.3 is 0 Å². The van der Waals surface area contributed by atoms with Crippen LogP contribution >= 0.6 is 15.9 Å². The highest BCUT2D eigenvalue weighted by molar-refractivity contribution is 9.09. The molecule has 0 aromatic heterocycles. The van der Waals surface area contributed by atoms with Crippen LogP contribution in [0.4, 0.5) is 0 Å². The Hall–Kier alpha value is 0.390. The Labute approximate surface area is 126 Å². The lowest BCUT2D eigenvalue weighted by atomic mass is 9.81. The number of rotatable bonds is 3. The van der Waals surface area contributed by atoms with Gasteiger partial charge in [0.25, 0.3) is 0 Å². The van der Waals surface area contributed by atoms with Crippen molar-refractivity contribution in [2.24, 2.45) is 5.41 Å². The molecule has 1 aliphatic carbocycles. The lowest BCUT2D eigenvalue weighted by Gasteiger charge is -2.41. The van der Waals surface area contributed by atoms with Gasteiger partial charge in [0.15, 0.2) is 9.84 Å². The Morgan fingerprint density at radius 1 is 1.21 bits per heavy atom. The average Bonchev–Trinajstić information content (AvgIpc) is 2.58. The number of hydrogen-bond donors (Lipinski definition) is 0. The van der Waals surface area contributed by atoms with E-state index in [1.54, 1.807) is 0 Å². The molecule has 0 amide bonds. The predicted molar refractivity (Wildman–Crippen MR) is 83.6 cm³/mol. The van der Waals surface area contributed by atoms with Gasteiger partial charge in [-0.3, -0.25) is 4.90 Å². The van der Waals surface area contributed by atoms with Gasteiger partial charge in [-0.2, -0.15) is 0 Å². The summed E-state index contributed by atoms with van der Waals surface area (Å²) >= 11 is 3.73. The van der Waals surface area contributed by atoms with Gasteiger partial charge in [0, 0.05) is 24.5 Å². The smallest absolute Gasteiger partial charge is 0.153 e. The molecule has 0 aromatic carbocycles. The van der Waals surface area contributed by atoms with E-state index in [2.05, 4.69) is 27.8 Å². The molecule has 2 fully saturated rings. The van der Waals surface area contributed by atoms with E-state index in [9.17, 15) is 8.42 Å². The summed E-state index contributed by atoms with van der Waals surface area (Å²) in [5.74, 6) is 0.682. The number of hydrogen-bond acceptors (Lipinski definition) is 3. The second-order valence-electron chi connectivity index (χ2n) is 6.48. The highest BCUT2D eigenvalue weighted by Gasteiger charge is 2.36. The third-order valence-corrected chi connectivity index (χ3v) is 7.78. The maximum atomic E-state index is 11.7. The number of sulfone groups is 1. The van der Waals surface area contributed by atoms with E-state index in [1.165, 1.54) is 38.5 Å². The molecule has 0 aromatic rings. The Morgan fingerprint density at radius 3 is 2.37 bits per heavy atom. The fourth-order valence-electron chi connectivity index (χ4n) is 3.51. The van der Waals surface area contributed by atoms with E-state index in [0.717, 1.165) is 18.4 Å². The molecule has 0 bridgehead atoms. The molecule has 19 heavy (non-hydrogen) atoms. The normalized spacial score (nSPS) is 31.8. The van der Waals surface area contributed by atoms with E-state index in [-0.39, 0.29) is 6.04 Å². The van der Waals surface area contributed by atoms with Gasteiger partial charge in [-0.15, -0.1) is 0 Å². The highest BCUT2D eigenvalue weighted by atomic mass is 79.9. The van der Waals surface area contributed by atoms with Gasteiger partial charge in [0.2, 0.25) is 0 Å². The molecule has 2 rings (SSSR count). The van der Waals surface area contributed by atoms with Crippen molar-refractivity contribution < 1.29 is 8.42 Å². The summed E-state index contributed by atoms with van der Waals surface area (Å²) in [6.45, 7) is 3.85. The molecule has 1 aliphatic heterocycles. The number of nitrogens with zero attached hydrogens (tertiary/aromatic N) is 1. The summed E-state index contributed by atoms with van der Waals surface area (Å²) in [7, 11) is -2.79. The Morgan fingerprint density at radius 2 is 1.84 bits per heavy atom. The van der Waals surface area contributed by atoms with Crippen LogP contribution in [-0.2, 0) is 9.84 Å². The van der Waals surface area contributed by atoms with E-state index in [1.807, 2.05) is 0 Å². The largest absolute Gasteiger partial charge is 0.298 e. The molecule has 2 aliphatic rings. The first kappa shape index (κ1) is 15.8. The average molecular weight is 352 g/mol. The van der Waals surface area contributed by atoms with Crippen molar-refractivity contribution in [2.75, 3.05) is 29.9 Å². The third kappa shape index (κ3) is 4.18. The van der Waals surface area contributed by atoms with Crippen molar-refractivity contribution in [1.82, 2.24) is 4.90 Å². The van der Waals surface area contributed by atoms with Crippen LogP contribution in [0.5, 0.6) is 0 Å². The molecular formula is C14H26BrNO2S. The van der Waals surface area contributed by atoms with Crippen LogP contribution in [0.15, 0.2) is 0 Å². The first-order valence-electron chi connectivity index (χ1n) is 7.47. The summed E-state index contributed by atoms with van der Waals surface area (Å²) in [6.07, 6.45) is 7.94. The Balaban J connectivity index is 2.01. The molecule has 112 valence electrons. The zero-order valence-electron chi connectivity index (χ0n) is 11.9. The van der Waals surface area contributed by atoms with E-state index >= 15 is 0 Å². The van der Waals surface area contributed by atoms with Crippen molar-refractivity contribution in [2.45, 2.75) is 51.5 Å². The zero-order valence-corrected chi connectivity index (χ0v) is 14.3. The second kappa shape index (κ2) is 6.44. The Bertz CT molecular complexity index is 388. The van der Waals surface area contributed by atoms with Crippen LogP contribution in [0, 0.1) is 5.41 Å². The lowest BCUT2D eigenvalue weighted by molar-refractivity contribution is 0.126. The summed E-state index contributed by atoms with van der Waals surface area (Å²) < 4.78 is 23.3. The Kier molecular flexibility index (Phi) is 5.34. The minimum Gasteiger partial charge on any atom is -0.298 e. The molecule has 1 atom stereocenters. The summed E-state index contributed by atoms with van der Waals surface area (Å²) in [5.41, 5.74) is 0.367. The van der Waals surface area contributed by atoms with Crippen molar-refractivity contribution >= 4 is 25.8 Å². The van der Waals surface area contributed by atoms with Crippen LogP contribution in [0.2, 0.25) is 0 Å². The molecule has 3 nitrogen and oxygen atoms in total. The topological polar surface area (TPSA) is 37.4 Å². The second-order valence-corrected chi connectivity index (χ2v) is 9.27. The van der Waals surface area contributed by atoms with Gasteiger partial charge in [0.1, 0.15) is 0 Å². The minimum atomic E-state index is -2.79. The standard InChI is InChI=1S/C14H26BrNO2S/c1-13-10-19(17,18)9-8-16(13)12-14(11-15)6-4-2-3-5-7-14/h13H,2-12H2,1H3. The number of halogens is 1. The van der Waals surface area contributed by atoms with Crippen molar-refractivity contribution in [1.29, 1.82) is 0 Å². The van der Waals surface area contributed by atoms with Gasteiger partial charge in [-0.05, 0) is 25.2 Å². The molecule has 0 N–H and O–H groups in total. The van der Waals surface area contributed by atoms with Crippen LogP contribution in [-0.4, -0.2) is 49.3 Å².